The molecule has 0 bridgehead atoms. The van der Waals surface area contributed by atoms with Gasteiger partial charge in [-0.15, -0.1) is 6.42 Å². The second kappa shape index (κ2) is 7.90. The van der Waals surface area contributed by atoms with Gasteiger partial charge in [-0.1, -0.05) is 30.2 Å². The molecule has 4 heteroatoms. The molecule has 0 spiro atoms. The molecule has 1 aliphatic heterocycles. The lowest BCUT2D eigenvalue weighted by molar-refractivity contribution is 0.145. The van der Waals surface area contributed by atoms with Crippen LogP contribution in [0, 0.1) is 24.1 Å². The van der Waals surface area contributed by atoms with Crippen LogP contribution < -0.4 is 4.90 Å². The Labute approximate surface area is 154 Å². The Hall–Kier alpha value is -2.35. The third-order valence-electron chi connectivity index (χ3n) is 5.27. The van der Waals surface area contributed by atoms with Gasteiger partial charge in [0.15, 0.2) is 5.60 Å². The molecule has 1 heterocycles. The number of piperidine rings is 1. The first-order valence-electron chi connectivity index (χ1n) is 8.99. The molecule has 0 aliphatic carbocycles. The summed E-state index contributed by atoms with van der Waals surface area (Å²) in [5.41, 5.74) is 0.569. The number of nitrogens with zero attached hydrogens (tertiary/aromatic N) is 1. The summed E-state index contributed by atoms with van der Waals surface area (Å²) in [6, 6.07) is 13.2. The Morgan fingerprint density at radius 3 is 2.08 bits per heavy atom. The molecule has 1 fully saturated rings. The zero-order chi connectivity index (χ0) is 18.6. The van der Waals surface area contributed by atoms with Crippen LogP contribution in [0.5, 0.6) is 0 Å². The number of aliphatic hydroxyl groups is 2. The highest BCUT2D eigenvalue weighted by Gasteiger charge is 2.29. The van der Waals surface area contributed by atoms with Gasteiger partial charge in [0.1, 0.15) is 5.82 Å². The van der Waals surface area contributed by atoms with E-state index in [4.69, 9.17) is 11.5 Å². The second-order valence-electron chi connectivity index (χ2n) is 6.85. The number of hydrogen-bond acceptors (Lipinski definition) is 3. The van der Waals surface area contributed by atoms with Crippen molar-refractivity contribution >= 4 is 5.69 Å². The van der Waals surface area contributed by atoms with Crippen molar-refractivity contribution in [1.29, 1.82) is 0 Å². The molecule has 3 nitrogen and oxygen atoms in total. The van der Waals surface area contributed by atoms with Crippen LogP contribution in [-0.2, 0) is 5.60 Å². The van der Waals surface area contributed by atoms with Crippen LogP contribution in [0.1, 0.15) is 30.4 Å². The quantitative estimate of drug-likeness (QED) is 0.811. The van der Waals surface area contributed by atoms with E-state index < -0.39 is 5.60 Å². The van der Waals surface area contributed by atoms with Crippen LogP contribution in [0.2, 0.25) is 0 Å². The van der Waals surface area contributed by atoms with E-state index in [0.29, 0.717) is 17.0 Å². The molecule has 0 radical (unpaired) electrons. The minimum Gasteiger partial charge on any atom is -0.396 e. The van der Waals surface area contributed by atoms with Gasteiger partial charge in [0.25, 0.3) is 0 Å². The van der Waals surface area contributed by atoms with Crippen molar-refractivity contribution in [1.82, 2.24) is 0 Å². The van der Waals surface area contributed by atoms with E-state index in [0.717, 1.165) is 38.0 Å². The van der Waals surface area contributed by atoms with E-state index in [1.54, 1.807) is 0 Å². The van der Waals surface area contributed by atoms with Crippen LogP contribution >= 0.6 is 0 Å². The third kappa shape index (κ3) is 3.75. The maximum absolute atomic E-state index is 13.2. The summed E-state index contributed by atoms with van der Waals surface area (Å²) in [5, 5.41) is 20.0. The number of benzene rings is 2. The van der Waals surface area contributed by atoms with Gasteiger partial charge in [-0.3, -0.25) is 0 Å². The summed E-state index contributed by atoms with van der Waals surface area (Å²) in [4.78, 5) is 2.31. The zero-order valence-electron chi connectivity index (χ0n) is 14.7. The molecule has 2 N–H and O–H groups in total. The molecule has 1 atom stereocenters. The standard InChI is InChI=1S/C22H24FNO2/c1-2-22(26,18-3-7-20(23)8-4-18)19-5-9-21(10-6-19)24-14-11-17(12-15-24)13-16-25/h1,3-10,17,25-26H,11-16H2. The molecule has 26 heavy (non-hydrogen) atoms. The Balaban J connectivity index is 1.76. The van der Waals surface area contributed by atoms with E-state index in [1.165, 1.54) is 24.3 Å². The third-order valence-corrected chi connectivity index (χ3v) is 5.27. The summed E-state index contributed by atoms with van der Waals surface area (Å²) in [6.07, 6.45) is 8.63. The lowest BCUT2D eigenvalue weighted by atomic mass is 9.87. The minimum atomic E-state index is -1.58. The van der Waals surface area contributed by atoms with Gasteiger partial charge in [0.2, 0.25) is 0 Å². The fourth-order valence-electron chi connectivity index (χ4n) is 3.60. The summed E-state index contributed by atoms with van der Waals surface area (Å²) < 4.78 is 13.2. The maximum atomic E-state index is 13.2. The highest BCUT2D eigenvalue weighted by atomic mass is 19.1. The summed E-state index contributed by atoms with van der Waals surface area (Å²) in [7, 11) is 0. The zero-order valence-corrected chi connectivity index (χ0v) is 14.7. The number of aliphatic hydroxyl groups excluding tert-OH is 1. The fourth-order valence-corrected chi connectivity index (χ4v) is 3.60. The molecule has 3 rings (SSSR count). The number of hydrogen-bond donors (Lipinski definition) is 2. The lowest BCUT2D eigenvalue weighted by Crippen LogP contribution is -2.34. The van der Waals surface area contributed by atoms with E-state index in [1.807, 2.05) is 24.3 Å². The van der Waals surface area contributed by atoms with E-state index in [-0.39, 0.29) is 12.4 Å². The second-order valence-corrected chi connectivity index (χ2v) is 6.85. The van der Waals surface area contributed by atoms with Crippen molar-refractivity contribution in [3.05, 3.63) is 65.5 Å². The lowest BCUT2D eigenvalue weighted by Gasteiger charge is -2.34. The van der Waals surface area contributed by atoms with Crippen molar-refractivity contribution < 1.29 is 14.6 Å². The molecule has 2 aromatic carbocycles. The molecular formula is C22H24FNO2. The van der Waals surface area contributed by atoms with Gasteiger partial charge in [-0.25, -0.2) is 4.39 Å². The van der Waals surface area contributed by atoms with Crippen molar-refractivity contribution in [3.8, 4) is 12.3 Å². The Morgan fingerprint density at radius 1 is 1.04 bits per heavy atom. The fraction of sp³-hybridized carbons (Fsp3) is 0.364. The highest BCUT2D eigenvalue weighted by Crippen LogP contribution is 2.31. The molecule has 0 saturated carbocycles. The Morgan fingerprint density at radius 2 is 1.58 bits per heavy atom. The number of terminal acetylenes is 1. The molecular weight excluding hydrogens is 329 g/mol. The van der Waals surface area contributed by atoms with Gasteiger partial charge >= 0.3 is 0 Å². The number of anilines is 1. The monoisotopic (exact) mass is 353 g/mol. The number of halogens is 1. The summed E-state index contributed by atoms with van der Waals surface area (Å²) in [5.74, 6) is 2.68. The van der Waals surface area contributed by atoms with Gasteiger partial charge in [0.05, 0.1) is 0 Å². The molecule has 0 amide bonds. The number of rotatable bonds is 5. The smallest absolute Gasteiger partial charge is 0.176 e. The first-order valence-corrected chi connectivity index (χ1v) is 8.99. The van der Waals surface area contributed by atoms with Gasteiger partial charge in [-0.2, -0.15) is 0 Å². The van der Waals surface area contributed by atoms with Crippen molar-refractivity contribution in [2.75, 3.05) is 24.6 Å². The SMILES string of the molecule is C#CC(O)(c1ccc(F)cc1)c1ccc(N2CCC(CCO)CC2)cc1. The first-order chi connectivity index (χ1) is 12.6. The van der Waals surface area contributed by atoms with Crippen molar-refractivity contribution in [2.45, 2.75) is 24.9 Å². The average molecular weight is 353 g/mol. The van der Waals surface area contributed by atoms with Crippen LogP contribution in [0.4, 0.5) is 10.1 Å². The minimum absolute atomic E-state index is 0.257. The maximum Gasteiger partial charge on any atom is 0.176 e. The molecule has 1 aliphatic rings. The molecule has 2 aromatic rings. The van der Waals surface area contributed by atoms with Crippen LogP contribution in [0.3, 0.4) is 0 Å². The summed E-state index contributed by atoms with van der Waals surface area (Å²) >= 11 is 0. The van der Waals surface area contributed by atoms with Gasteiger partial charge in [0, 0.05) is 36.5 Å². The van der Waals surface area contributed by atoms with E-state index in [9.17, 15) is 9.50 Å². The van der Waals surface area contributed by atoms with Crippen LogP contribution in [-0.4, -0.2) is 29.9 Å². The Kier molecular flexibility index (Phi) is 5.61. The van der Waals surface area contributed by atoms with Gasteiger partial charge in [-0.05, 0) is 49.4 Å². The predicted molar refractivity (Wildman–Crippen MR) is 101 cm³/mol. The Bertz CT molecular complexity index is 758. The first kappa shape index (κ1) is 18.4. The van der Waals surface area contributed by atoms with E-state index in [2.05, 4.69) is 10.8 Å². The normalized spacial score (nSPS) is 17.5. The topological polar surface area (TPSA) is 43.7 Å². The largest absolute Gasteiger partial charge is 0.396 e. The molecule has 0 aromatic heterocycles. The van der Waals surface area contributed by atoms with Crippen LogP contribution in [0.25, 0.3) is 0 Å². The van der Waals surface area contributed by atoms with Crippen LogP contribution in [0.15, 0.2) is 48.5 Å². The van der Waals surface area contributed by atoms with Crippen molar-refractivity contribution in [3.63, 3.8) is 0 Å². The van der Waals surface area contributed by atoms with Crippen molar-refractivity contribution in [2.24, 2.45) is 5.92 Å². The highest BCUT2D eigenvalue weighted by molar-refractivity contribution is 5.52. The van der Waals surface area contributed by atoms with Gasteiger partial charge < -0.3 is 15.1 Å². The average Bonchev–Trinajstić information content (AvgIpc) is 2.69. The molecule has 1 saturated heterocycles. The molecule has 136 valence electrons. The molecule has 1 unspecified atom stereocenters. The summed E-state index contributed by atoms with van der Waals surface area (Å²) in [6.45, 7) is 2.18. The van der Waals surface area contributed by atoms with E-state index >= 15 is 0 Å². The predicted octanol–water partition coefficient (Wildman–Crippen LogP) is 3.29.